The van der Waals surface area contributed by atoms with Gasteiger partial charge in [0.1, 0.15) is 0 Å². The van der Waals surface area contributed by atoms with Crippen LogP contribution < -0.4 is 10.6 Å². The van der Waals surface area contributed by atoms with E-state index in [1.54, 1.807) is 6.07 Å². The summed E-state index contributed by atoms with van der Waals surface area (Å²) >= 11 is 0. The van der Waals surface area contributed by atoms with Gasteiger partial charge < -0.3 is 15.7 Å². The molecule has 0 amide bonds. The van der Waals surface area contributed by atoms with Crippen molar-refractivity contribution in [3.05, 3.63) is 29.6 Å². The van der Waals surface area contributed by atoms with Crippen LogP contribution in [0.25, 0.3) is 0 Å². The number of alkyl halides is 3. The van der Waals surface area contributed by atoms with Gasteiger partial charge in [0.05, 0.1) is 5.92 Å². The van der Waals surface area contributed by atoms with Crippen LogP contribution in [-0.4, -0.2) is 30.3 Å². The Balaban J connectivity index is 1.89. The molecule has 0 heterocycles. The molecule has 2 rings (SSSR count). The highest BCUT2D eigenvalue weighted by Gasteiger charge is 2.42. The molecule has 0 aromatic heterocycles. The van der Waals surface area contributed by atoms with Gasteiger partial charge in [0.15, 0.2) is 17.5 Å². The third-order valence-corrected chi connectivity index (χ3v) is 4.17. The molecule has 0 spiro atoms. The number of benzene rings is 1. The van der Waals surface area contributed by atoms with Crippen LogP contribution in [0.5, 0.6) is 5.75 Å². The molecule has 24 heavy (non-hydrogen) atoms. The average molecular weight is 347 g/mol. The van der Waals surface area contributed by atoms with Crippen LogP contribution in [0.1, 0.15) is 31.2 Å². The summed E-state index contributed by atoms with van der Waals surface area (Å²) in [6.07, 6.45) is -2.80. The molecular formula is C16H21F4N3O. The summed E-state index contributed by atoms with van der Waals surface area (Å²) in [6, 6.07) is 3.69. The van der Waals surface area contributed by atoms with Gasteiger partial charge in [-0.05, 0) is 37.0 Å². The molecule has 0 aliphatic heterocycles. The van der Waals surface area contributed by atoms with Crippen molar-refractivity contribution in [2.75, 3.05) is 7.05 Å². The molecule has 1 aliphatic rings. The Hall–Kier alpha value is -1.99. The molecule has 3 N–H and O–H groups in total. The molecule has 1 aromatic carbocycles. The number of nitrogens with one attached hydrogen (secondary N) is 2. The minimum atomic E-state index is -4.17. The molecule has 0 radical (unpaired) electrons. The summed E-state index contributed by atoms with van der Waals surface area (Å²) in [5.41, 5.74) is 0.588. The van der Waals surface area contributed by atoms with Gasteiger partial charge in [0.2, 0.25) is 0 Å². The van der Waals surface area contributed by atoms with Gasteiger partial charge in [0, 0.05) is 19.6 Å². The Kier molecular flexibility index (Phi) is 5.90. The zero-order valence-electron chi connectivity index (χ0n) is 13.3. The minimum Gasteiger partial charge on any atom is -0.505 e. The molecule has 2 unspecified atom stereocenters. The topological polar surface area (TPSA) is 56.7 Å². The van der Waals surface area contributed by atoms with Gasteiger partial charge in [-0.25, -0.2) is 4.39 Å². The maximum atomic E-state index is 13.3. The summed E-state index contributed by atoms with van der Waals surface area (Å²) in [6.45, 7) is 0.242. The number of aromatic hydroxyl groups is 1. The van der Waals surface area contributed by atoms with Crippen LogP contribution >= 0.6 is 0 Å². The van der Waals surface area contributed by atoms with Crippen molar-refractivity contribution in [2.45, 2.75) is 44.4 Å². The molecule has 0 saturated heterocycles. The van der Waals surface area contributed by atoms with Crippen molar-refractivity contribution in [1.29, 1.82) is 0 Å². The van der Waals surface area contributed by atoms with Crippen molar-refractivity contribution >= 4 is 5.96 Å². The zero-order chi connectivity index (χ0) is 17.7. The highest BCUT2D eigenvalue weighted by Crippen LogP contribution is 2.37. The quantitative estimate of drug-likeness (QED) is 0.447. The van der Waals surface area contributed by atoms with E-state index >= 15 is 0 Å². The summed E-state index contributed by atoms with van der Waals surface area (Å²) < 4.78 is 51.8. The van der Waals surface area contributed by atoms with Crippen LogP contribution in [0.4, 0.5) is 17.6 Å². The number of phenolic OH excluding ortho intramolecular Hbond substituents is 1. The first kappa shape index (κ1) is 18.4. The van der Waals surface area contributed by atoms with E-state index in [2.05, 4.69) is 15.6 Å². The van der Waals surface area contributed by atoms with Crippen LogP contribution in [0.2, 0.25) is 0 Å². The van der Waals surface area contributed by atoms with Crippen molar-refractivity contribution < 1.29 is 22.7 Å². The number of nitrogens with zero attached hydrogens (tertiary/aromatic N) is 1. The fourth-order valence-corrected chi connectivity index (χ4v) is 2.85. The molecule has 1 saturated carbocycles. The van der Waals surface area contributed by atoms with E-state index < -0.39 is 23.7 Å². The Morgan fingerprint density at radius 2 is 2.08 bits per heavy atom. The predicted molar refractivity (Wildman–Crippen MR) is 83.2 cm³/mol. The summed E-state index contributed by atoms with van der Waals surface area (Å²) in [7, 11) is 1.52. The summed E-state index contributed by atoms with van der Waals surface area (Å²) in [5.74, 6) is -2.07. The van der Waals surface area contributed by atoms with Gasteiger partial charge in [-0.1, -0.05) is 12.5 Å². The lowest BCUT2D eigenvalue weighted by atomic mass is 9.85. The Labute approximate surface area is 138 Å². The van der Waals surface area contributed by atoms with Gasteiger partial charge in [0.25, 0.3) is 0 Å². The normalized spacial score (nSPS) is 22.3. The predicted octanol–water partition coefficient (Wildman–Crippen LogP) is 3.32. The Bertz CT molecular complexity index is 589. The minimum absolute atomic E-state index is 0.0258. The van der Waals surface area contributed by atoms with Gasteiger partial charge in [-0.15, -0.1) is 0 Å². The lowest BCUT2D eigenvalue weighted by molar-refractivity contribution is -0.183. The lowest BCUT2D eigenvalue weighted by Crippen LogP contribution is -2.46. The van der Waals surface area contributed by atoms with E-state index in [0.29, 0.717) is 24.4 Å². The highest BCUT2D eigenvalue weighted by molar-refractivity contribution is 5.79. The second-order valence-corrected chi connectivity index (χ2v) is 5.96. The van der Waals surface area contributed by atoms with E-state index in [9.17, 15) is 17.6 Å². The number of rotatable bonds is 3. The zero-order valence-corrected chi connectivity index (χ0v) is 13.3. The largest absolute Gasteiger partial charge is 0.505 e. The maximum Gasteiger partial charge on any atom is 0.391 e. The molecule has 8 heteroatoms. The third kappa shape index (κ3) is 5.01. The first-order valence-electron chi connectivity index (χ1n) is 7.81. The van der Waals surface area contributed by atoms with E-state index in [-0.39, 0.29) is 25.4 Å². The average Bonchev–Trinajstić information content (AvgIpc) is 2.54. The highest BCUT2D eigenvalue weighted by atomic mass is 19.4. The van der Waals surface area contributed by atoms with Crippen molar-refractivity contribution in [1.82, 2.24) is 10.6 Å². The van der Waals surface area contributed by atoms with Crippen molar-refractivity contribution in [3.63, 3.8) is 0 Å². The fourth-order valence-electron chi connectivity index (χ4n) is 2.85. The number of hydrogen-bond acceptors (Lipinski definition) is 2. The molecule has 1 fully saturated rings. The lowest BCUT2D eigenvalue weighted by Gasteiger charge is -2.31. The molecule has 1 aromatic rings. The number of aliphatic imine (C=N–C) groups is 1. The SMILES string of the molecule is CN=C(NCc1ccc(O)c(F)c1)NC1CCCC(C(F)(F)F)C1. The number of phenols is 1. The molecule has 134 valence electrons. The number of halogens is 4. The summed E-state index contributed by atoms with van der Waals surface area (Å²) in [4.78, 5) is 3.99. The van der Waals surface area contributed by atoms with Crippen molar-refractivity contribution in [2.24, 2.45) is 10.9 Å². The first-order valence-corrected chi connectivity index (χ1v) is 7.81. The summed E-state index contributed by atoms with van der Waals surface area (Å²) in [5, 5.41) is 15.1. The molecule has 0 bridgehead atoms. The van der Waals surface area contributed by atoms with Crippen LogP contribution in [0, 0.1) is 11.7 Å². The van der Waals surface area contributed by atoms with Crippen molar-refractivity contribution in [3.8, 4) is 5.75 Å². The fraction of sp³-hybridized carbons (Fsp3) is 0.562. The van der Waals surface area contributed by atoms with Gasteiger partial charge in [-0.2, -0.15) is 13.2 Å². The van der Waals surface area contributed by atoms with Gasteiger partial charge >= 0.3 is 6.18 Å². The van der Waals surface area contributed by atoms with E-state index in [0.717, 1.165) is 0 Å². The second-order valence-electron chi connectivity index (χ2n) is 5.96. The molecule has 1 aliphatic carbocycles. The smallest absolute Gasteiger partial charge is 0.391 e. The first-order chi connectivity index (χ1) is 11.3. The number of guanidine groups is 1. The van der Waals surface area contributed by atoms with E-state index in [1.165, 1.54) is 19.2 Å². The maximum absolute atomic E-state index is 13.3. The van der Waals surface area contributed by atoms with E-state index in [1.807, 2.05) is 0 Å². The molecular weight excluding hydrogens is 326 g/mol. The van der Waals surface area contributed by atoms with Crippen LogP contribution in [0.15, 0.2) is 23.2 Å². The molecule has 4 nitrogen and oxygen atoms in total. The van der Waals surface area contributed by atoms with Crippen LogP contribution in [-0.2, 0) is 6.54 Å². The Morgan fingerprint density at radius 1 is 1.33 bits per heavy atom. The Morgan fingerprint density at radius 3 is 2.71 bits per heavy atom. The molecule has 2 atom stereocenters. The monoisotopic (exact) mass is 347 g/mol. The number of hydrogen-bond donors (Lipinski definition) is 3. The third-order valence-electron chi connectivity index (χ3n) is 4.17. The van der Waals surface area contributed by atoms with E-state index in [4.69, 9.17) is 5.11 Å². The van der Waals surface area contributed by atoms with Crippen LogP contribution in [0.3, 0.4) is 0 Å². The standard InChI is InChI=1S/C16H21F4N3O/c1-21-15(22-9-10-5-6-14(24)13(17)7-10)23-12-4-2-3-11(8-12)16(18,19)20/h5-7,11-12,24H,2-4,8-9H2,1H3,(H2,21,22,23). The second kappa shape index (κ2) is 7.72. The van der Waals surface area contributed by atoms with Gasteiger partial charge in [-0.3, -0.25) is 4.99 Å².